The number of thiophene rings is 1. The zero-order valence-corrected chi connectivity index (χ0v) is 17.8. The molecule has 9 heteroatoms. The van der Waals surface area contributed by atoms with E-state index in [0.717, 1.165) is 9.88 Å². The lowest BCUT2D eigenvalue weighted by Gasteiger charge is -2.07. The lowest BCUT2D eigenvalue weighted by molar-refractivity contribution is 0.103. The Labute approximate surface area is 179 Å². The molecule has 0 fully saturated rings. The first-order valence-corrected chi connectivity index (χ1v) is 10.6. The third-order valence-corrected chi connectivity index (χ3v) is 6.61. The van der Waals surface area contributed by atoms with Crippen LogP contribution >= 0.6 is 34.3 Å². The molecule has 4 rings (SSSR count). The second-order valence-corrected chi connectivity index (χ2v) is 9.02. The van der Waals surface area contributed by atoms with Gasteiger partial charge in [0.05, 0.1) is 14.9 Å². The van der Waals surface area contributed by atoms with Gasteiger partial charge in [-0.1, -0.05) is 23.7 Å². The average Bonchev–Trinajstić information content (AvgIpc) is 3.27. The molecule has 0 saturated heterocycles. The summed E-state index contributed by atoms with van der Waals surface area (Å²) in [5.41, 5.74) is 2.37. The van der Waals surface area contributed by atoms with E-state index in [1.54, 1.807) is 25.1 Å². The highest BCUT2D eigenvalue weighted by Gasteiger charge is 2.17. The van der Waals surface area contributed by atoms with E-state index in [4.69, 9.17) is 11.6 Å². The van der Waals surface area contributed by atoms with Crippen LogP contribution in [0.4, 0.5) is 5.69 Å². The highest BCUT2D eigenvalue weighted by Crippen LogP contribution is 2.35. The molecule has 0 bridgehead atoms. The Balaban J connectivity index is 1.59. The maximum Gasteiger partial charge on any atom is 0.267 e. The number of hydrogen-bond donors (Lipinski definition) is 2. The minimum absolute atomic E-state index is 0.219. The van der Waals surface area contributed by atoms with Crippen LogP contribution in [-0.2, 0) is 0 Å². The number of benzene rings is 1. The van der Waals surface area contributed by atoms with Crippen LogP contribution in [0.5, 0.6) is 0 Å². The second kappa shape index (κ2) is 7.90. The molecule has 0 unspecified atom stereocenters. The van der Waals surface area contributed by atoms with E-state index < -0.39 is 0 Å². The molecule has 146 valence electrons. The van der Waals surface area contributed by atoms with Crippen molar-refractivity contribution in [3.8, 4) is 21.3 Å². The van der Waals surface area contributed by atoms with E-state index >= 15 is 0 Å². The number of hydrogen-bond acceptors (Lipinski definition) is 6. The minimum atomic E-state index is -0.239. The maximum atomic E-state index is 12.8. The fraction of sp³-hybridized carbons (Fsp3) is 0.100. The summed E-state index contributed by atoms with van der Waals surface area (Å²) in [4.78, 5) is 37.5. The van der Waals surface area contributed by atoms with Crippen molar-refractivity contribution in [1.29, 1.82) is 0 Å². The lowest BCUT2D eigenvalue weighted by atomic mass is 10.2. The molecule has 1 aromatic carbocycles. The van der Waals surface area contributed by atoms with Crippen molar-refractivity contribution in [2.75, 3.05) is 5.32 Å². The fourth-order valence-corrected chi connectivity index (χ4v) is 4.85. The summed E-state index contributed by atoms with van der Waals surface area (Å²) in [5, 5.41) is 3.66. The number of amides is 1. The molecule has 4 aromatic rings. The molecule has 2 N–H and O–H groups in total. The smallest absolute Gasteiger partial charge is 0.267 e. The molecule has 0 atom stereocenters. The summed E-state index contributed by atoms with van der Waals surface area (Å²) in [5.74, 6) is 0.216. The highest BCUT2D eigenvalue weighted by atomic mass is 35.5. The van der Waals surface area contributed by atoms with Gasteiger partial charge in [-0.25, -0.2) is 9.97 Å². The molecular formula is C20H15ClN4O2S2. The van der Waals surface area contributed by atoms with Crippen molar-refractivity contribution in [3.05, 3.63) is 73.4 Å². The van der Waals surface area contributed by atoms with Crippen molar-refractivity contribution in [2.45, 2.75) is 13.8 Å². The van der Waals surface area contributed by atoms with Crippen LogP contribution in [0, 0.1) is 13.8 Å². The van der Waals surface area contributed by atoms with Crippen LogP contribution in [0.25, 0.3) is 21.3 Å². The molecular weight excluding hydrogens is 428 g/mol. The number of halogens is 1. The van der Waals surface area contributed by atoms with Gasteiger partial charge in [0.2, 0.25) is 0 Å². The highest BCUT2D eigenvalue weighted by molar-refractivity contribution is 7.24. The Hall–Kier alpha value is -2.81. The van der Waals surface area contributed by atoms with E-state index in [0.29, 0.717) is 37.7 Å². The predicted molar refractivity (Wildman–Crippen MR) is 118 cm³/mol. The second-order valence-electron chi connectivity index (χ2n) is 6.31. The lowest BCUT2D eigenvalue weighted by Crippen LogP contribution is -2.12. The molecule has 0 aliphatic rings. The third-order valence-electron chi connectivity index (χ3n) is 4.05. The standard InChI is InChI=1S/C20H15ClN4O2S2/c1-10-8-16(26)25-18(22-10)12-4-3-5-13(9-12)24-19(27)17-11(2)23-20(29-17)14-6-7-15(21)28-14/h3-9H,1-2H3,(H,24,27)(H,22,25,26). The van der Waals surface area contributed by atoms with Gasteiger partial charge in [-0.05, 0) is 38.1 Å². The Bertz CT molecular complexity index is 1280. The maximum absolute atomic E-state index is 12.8. The zero-order valence-electron chi connectivity index (χ0n) is 15.4. The summed E-state index contributed by atoms with van der Waals surface area (Å²) < 4.78 is 0.679. The number of anilines is 1. The van der Waals surface area contributed by atoms with E-state index in [1.165, 1.54) is 28.7 Å². The Kier molecular flexibility index (Phi) is 5.31. The van der Waals surface area contributed by atoms with E-state index in [1.807, 2.05) is 25.1 Å². The monoisotopic (exact) mass is 442 g/mol. The van der Waals surface area contributed by atoms with Gasteiger partial charge in [0, 0.05) is 23.0 Å². The first-order chi connectivity index (χ1) is 13.9. The predicted octanol–water partition coefficient (Wildman–Crippen LogP) is 5.14. The van der Waals surface area contributed by atoms with Crippen molar-refractivity contribution >= 4 is 45.9 Å². The van der Waals surface area contributed by atoms with Crippen LogP contribution in [0.2, 0.25) is 4.34 Å². The first kappa shape index (κ1) is 19.5. The number of carbonyl (C=O) groups excluding carboxylic acids is 1. The zero-order chi connectivity index (χ0) is 20.5. The van der Waals surface area contributed by atoms with Crippen LogP contribution < -0.4 is 10.9 Å². The molecule has 0 radical (unpaired) electrons. The molecule has 1 amide bonds. The van der Waals surface area contributed by atoms with Crippen molar-refractivity contribution in [1.82, 2.24) is 15.0 Å². The van der Waals surface area contributed by atoms with Gasteiger partial charge in [0.15, 0.2) is 0 Å². The molecule has 0 saturated carbocycles. The number of carbonyl (C=O) groups is 1. The Morgan fingerprint density at radius 3 is 2.66 bits per heavy atom. The van der Waals surface area contributed by atoms with E-state index in [-0.39, 0.29) is 11.5 Å². The van der Waals surface area contributed by atoms with Crippen LogP contribution in [0.15, 0.2) is 47.3 Å². The topological polar surface area (TPSA) is 87.7 Å². The molecule has 29 heavy (non-hydrogen) atoms. The summed E-state index contributed by atoms with van der Waals surface area (Å²) in [7, 11) is 0. The van der Waals surface area contributed by atoms with Gasteiger partial charge in [0.1, 0.15) is 15.7 Å². The van der Waals surface area contributed by atoms with Crippen molar-refractivity contribution < 1.29 is 4.79 Å². The van der Waals surface area contributed by atoms with E-state index in [9.17, 15) is 9.59 Å². The van der Waals surface area contributed by atoms with Crippen LogP contribution in [-0.4, -0.2) is 20.9 Å². The van der Waals surface area contributed by atoms with Crippen LogP contribution in [0.1, 0.15) is 21.1 Å². The number of thiazole rings is 1. The van der Waals surface area contributed by atoms with Crippen molar-refractivity contribution in [2.24, 2.45) is 0 Å². The van der Waals surface area contributed by atoms with Gasteiger partial charge >= 0.3 is 0 Å². The van der Waals surface area contributed by atoms with Gasteiger partial charge in [-0.15, -0.1) is 22.7 Å². The summed E-state index contributed by atoms with van der Waals surface area (Å²) in [6.45, 7) is 3.57. The number of nitrogens with one attached hydrogen (secondary N) is 2. The minimum Gasteiger partial charge on any atom is -0.321 e. The van der Waals surface area contributed by atoms with Gasteiger partial charge in [-0.2, -0.15) is 0 Å². The molecule has 0 aliphatic heterocycles. The van der Waals surface area contributed by atoms with Gasteiger partial charge in [0.25, 0.3) is 11.5 Å². The number of nitrogens with zero attached hydrogens (tertiary/aromatic N) is 2. The van der Waals surface area contributed by atoms with Crippen molar-refractivity contribution in [3.63, 3.8) is 0 Å². The largest absolute Gasteiger partial charge is 0.321 e. The van der Waals surface area contributed by atoms with E-state index in [2.05, 4.69) is 20.3 Å². The number of aromatic nitrogens is 3. The third kappa shape index (κ3) is 4.29. The normalized spacial score (nSPS) is 10.9. The molecule has 0 spiro atoms. The fourth-order valence-electron chi connectivity index (χ4n) is 2.79. The first-order valence-electron chi connectivity index (χ1n) is 8.62. The SMILES string of the molecule is Cc1cc(=O)[nH]c(-c2cccc(NC(=O)c3sc(-c4ccc(Cl)s4)nc3C)c2)n1. The molecule has 3 heterocycles. The summed E-state index contributed by atoms with van der Waals surface area (Å²) >= 11 is 8.75. The Morgan fingerprint density at radius 1 is 1.10 bits per heavy atom. The number of H-pyrrole nitrogens is 1. The Morgan fingerprint density at radius 2 is 1.93 bits per heavy atom. The van der Waals surface area contributed by atoms with Crippen LogP contribution in [0.3, 0.4) is 0 Å². The average molecular weight is 443 g/mol. The number of aromatic amines is 1. The molecule has 3 aromatic heterocycles. The number of aryl methyl sites for hydroxylation is 2. The quantitative estimate of drug-likeness (QED) is 0.457. The summed E-state index contributed by atoms with van der Waals surface area (Å²) in [6, 6.07) is 12.3. The molecule has 0 aliphatic carbocycles. The van der Waals surface area contributed by atoms with Gasteiger partial charge < -0.3 is 10.3 Å². The molecule has 6 nitrogen and oxygen atoms in total. The van der Waals surface area contributed by atoms with Gasteiger partial charge in [-0.3, -0.25) is 9.59 Å². The number of rotatable bonds is 4. The summed E-state index contributed by atoms with van der Waals surface area (Å²) in [6.07, 6.45) is 0.